The topological polar surface area (TPSA) is 33.1 Å². The van der Waals surface area contributed by atoms with E-state index in [-0.39, 0.29) is 12.4 Å². The van der Waals surface area contributed by atoms with Crippen LogP contribution in [-0.2, 0) is 6.61 Å². The SMILES string of the molecule is OCc1c(-c2ccc(F)cc2Cl)cc(C2CC2)nc1C1CC1. The lowest BCUT2D eigenvalue weighted by Gasteiger charge is -2.16. The first-order valence-corrected chi connectivity index (χ1v) is 8.15. The van der Waals surface area contributed by atoms with Crippen LogP contribution < -0.4 is 0 Å². The summed E-state index contributed by atoms with van der Waals surface area (Å²) >= 11 is 6.25. The van der Waals surface area contributed by atoms with Crippen molar-refractivity contribution in [2.75, 3.05) is 0 Å². The second kappa shape index (κ2) is 5.32. The van der Waals surface area contributed by atoms with Gasteiger partial charge in [0.1, 0.15) is 5.82 Å². The highest BCUT2D eigenvalue weighted by Gasteiger charge is 2.33. The Balaban J connectivity index is 1.92. The molecule has 1 aromatic carbocycles. The predicted octanol–water partition coefficient (Wildman–Crippen LogP) is 4.79. The molecule has 0 saturated heterocycles. The summed E-state index contributed by atoms with van der Waals surface area (Å²) in [4.78, 5) is 4.82. The van der Waals surface area contributed by atoms with Gasteiger partial charge in [-0.05, 0) is 55.5 Å². The third-order valence-electron chi connectivity index (χ3n) is 4.52. The molecule has 1 heterocycles. The fraction of sp³-hybridized carbons (Fsp3) is 0.389. The van der Waals surface area contributed by atoms with Crippen LogP contribution in [0.3, 0.4) is 0 Å². The summed E-state index contributed by atoms with van der Waals surface area (Å²) in [7, 11) is 0. The van der Waals surface area contributed by atoms with Gasteiger partial charge in [0, 0.05) is 34.4 Å². The van der Waals surface area contributed by atoms with E-state index >= 15 is 0 Å². The van der Waals surface area contributed by atoms with Crippen LogP contribution in [-0.4, -0.2) is 10.1 Å². The molecule has 22 heavy (non-hydrogen) atoms. The van der Waals surface area contributed by atoms with Gasteiger partial charge >= 0.3 is 0 Å². The zero-order valence-electron chi connectivity index (χ0n) is 12.1. The monoisotopic (exact) mass is 317 g/mol. The van der Waals surface area contributed by atoms with E-state index in [0.29, 0.717) is 16.9 Å². The molecule has 0 spiro atoms. The molecule has 0 amide bonds. The number of aliphatic hydroxyl groups is 1. The molecule has 4 heteroatoms. The lowest BCUT2D eigenvalue weighted by molar-refractivity contribution is 0.280. The van der Waals surface area contributed by atoms with E-state index in [1.807, 2.05) is 6.07 Å². The van der Waals surface area contributed by atoms with Crippen LogP contribution in [0.1, 0.15) is 54.5 Å². The average Bonchev–Trinajstić information content (AvgIpc) is 3.39. The van der Waals surface area contributed by atoms with Crippen molar-refractivity contribution in [2.24, 2.45) is 0 Å². The summed E-state index contributed by atoms with van der Waals surface area (Å²) in [5.74, 6) is 0.639. The molecule has 0 atom stereocenters. The summed E-state index contributed by atoms with van der Waals surface area (Å²) in [6, 6.07) is 6.47. The second-order valence-corrected chi connectivity index (χ2v) is 6.70. The van der Waals surface area contributed by atoms with Gasteiger partial charge < -0.3 is 5.11 Å². The molecule has 2 aromatic rings. The zero-order chi connectivity index (χ0) is 15.3. The number of aromatic nitrogens is 1. The van der Waals surface area contributed by atoms with Gasteiger partial charge in [0.15, 0.2) is 0 Å². The van der Waals surface area contributed by atoms with E-state index in [4.69, 9.17) is 16.6 Å². The number of aliphatic hydroxyl groups excluding tert-OH is 1. The Morgan fingerprint density at radius 1 is 1.09 bits per heavy atom. The van der Waals surface area contributed by atoms with Crippen LogP contribution in [0.4, 0.5) is 4.39 Å². The normalized spacial score (nSPS) is 17.8. The quantitative estimate of drug-likeness (QED) is 0.879. The molecule has 2 nitrogen and oxygen atoms in total. The lowest BCUT2D eigenvalue weighted by Crippen LogP contribution is -2.03. The molecule has 2 fully saturated rings. The molecule has 2 aliphatic carbocycles. The third kappa shape index (κ3) is 2.53. The highest BCUT2D eigenvalue weighted by Crippen LogP contribution is 2.47. The molecule has 0 radical (unpaired) electrons. The van der Waals surface area contributed by atoms with E-state index in [1.54, 1.807) is 6.07 Å². The van der Waals surface area contributed by atoms with Gasteiger partial charge in [0.25, 0.3) is 0 Å². The summed E-state index contributed by atoms with van der Waals surface area (Å²) in [6.07, 6.45) is 4.60. The Hall–Kier alpha value is -1.45. The fourth-order valence-electron chi connectivity index (χ4n) is 3.01. The minimum atomic E-state index is -0.349. The smallest absolute Gasteiger partial charge is 0.124 e. The summed E-state index contributed by atoms with van der Waals surface area (Å²) in [6.45, 7) is -0.0627. The maximum atomic E-state index is 13.3. The van der Waals surface area contributed by atoms with Crippen molar-refractivity contribution in [3.05, 3.63) is 52.1 Å². The molecule has 1 aromatic heterocycles. The first-order chi connectivity index (χ1) is 10.7. The second-order valence-electron chi connectivity index (χ2n) is 6.29. The van der Waals surface area contributed by atoms with Crippen molar-refractivity contribution in [1.82, 2.24) is 4.98 Å². The van der Waals surface area contributed by atoms with Crippen LogP contribution in [0.25, 0.3) is 11.1 Å². The van der Waals surface area contributed by atoms with Crippen molar-refractivity contribution in [2.45, 2.75) is 44.1 Å². The third-order valence-corrected chi connectivity index (χ3v) is 4.83. The highest BCUT2D eigenvalue weighted by molar-refractivity contribution is 6.33. The minimum absolute atomic E-state index is 0.0627. The number of benzene rings is 1. The standard InChI is InChI=1S/C18H17ClFNO/c19-16-7-12(20)5-6-13(16)14-8-17(10-1-2-10)21-18(11-3-4-11)15(14)9-22/h5-8,10-11,22H,1-4,9H2. The van der Waals surface area contributed by atoms with Gasteiger partial charge in [-0.1, -0.05) is 11.6 Å². The molecule has 2 aliphatic rings. The molecule has 0 bridgehead atoms. The summed E-state index contributed by atoms with van der Waals surface area (Å²) in [5, 5.41) is 10.2. The van der Waals surface area contributed by atoms with Gasteiger partial charge in [-0.2, -0.15) is 0 Å². The first-order valence-electron chi connectivity index (χ1n) is 7.77. The number of hydrogen-bond donors (Lipinski definition) is 1. The van der Waals surface area contributed by atoms with Crippen LogP contribution >= 0.6 is 11.6 Å². The van der Waals surface area contributed by atoms with Crippen LogP contribution in [0.15, 0.2) is 24.3 Å². The van der Waals surface area contributed by atoms with Crippen molar-refractivity contribution >= 4 is 11.6 Å². The van der Waals surface area contributed by atoms with Gasteiger partial charge in [-0.3, -0.25) is 4.98 Å². The Labute approximate surface area is 134 Å². The molecule has 2 saturated carbocycles. The van der Waals surface area contributed by atoms with Crippen LogP contribution in [0, 0.1) is 5.82 Å². The van der Waals surface area contributed by atoms with Crippen molar-refractivity contribution in [3.8, 4) is 11.1 Å². The zero-order valence-corrected chi connectivity index (χ0v) is 12.9. The Morgan fingerprint density at radius 2 is 1.82 bits per heavy atom. The number of halogens is 2. The summed E-state index contributed by atoms with van der Waals surface area (Å²) in [5.41, 5.74) is 4.64. The maximum Gasteiger partial charge on any atom is 0.124 e. The number of rotatable bonds is 4. The molecule has 0 unspecified atom stereocenters. The largest absolute Gasteiger partial charge is 0.392 e. The molecule has 4 rings (SSSR count). The molecule has 0 aliphatic heterocycles. The highest BCUT2D eigenvalue weighted by atomic mass is 35.5. The van der Waals surface area contributed by atoms with Crippen molar-refractivity contribution < 1.29 is 9.50 Å². The average molecular weight is 318 g/mol. The minimum Gasteiger partial charge on any atom is -0.392 e. The van der Waals surface area contributed by atoms with E-state index < -0.39 is 0 Å². The summed E-state index contributed by atoms with van der Waals surface area (Å²) < 4.78 is 13.3. The molecule has 1 N–H and O–H groups in total. The number of pyridine rings is 1. The Bertz CT molecular complexity index is 738. The van der Waals surface area contributed by atoms with E-state index in [1.165, 1.54) is 25.0 Å². The van der Waals surface area contributed by atoms with Gasteiger partial charge in [0.2, 0.25) is 0 Å². The van der Waals surface area contributed by atoms with Crippen LogP contribution in [0.5, 0.6) is 0 Å². The first kappa shape index (κ1) is 14.2. The number of hydrogen-bond acceptors (Lipinski definition) is 2. The predicted molar refractivity (Wildman–Crippen MR) is 84.5 cm³/mol. The molecular formula is C18H17ClFNO. The van der Waals surface area contributed by atoms with E-state index in [9.17, 15) is 9.50 Å². The van der Waals surface area contributed by atoms with Crippen LogP contribution in [0.2, 0.25) is 5.02 Å². The van der Waals surface area contributed by atoms with Gasteiger partial charge in [0.05, 0.1) is 11.6 Å². The Morgan fingerprint density at radius 3 is 2.41 bits per heavy atom. The van der Waals surface area contributed by atoms with Gasteiger partial charge in [-0.25, -0.2) is 4.39 Å². The number of nitrogens with zero attached hydrogens (tertiary/aromatic N) is 1. The molecular weight excluding hydrogens is 301 g/mol. The fourth-order valence-corrected chi connectivity index (χ4v) is 3.28. The molecule has 114 valence electrons. The maximum absolute atomic E-state index is 13.3. The van der Waals surface area contributed by atoms with E-state index in [2.05, 4.69) is 0 Å². The van der Waals surface area contributed by atoms with Crippen molar-refractivity contribution in [3.63, 3.8) is 0 Å². The van der Waals surface area contributed by atoms with Gasteiger partial charge in [-0.15, -0.1) is 0 Å². The Kier molecular flexibility index (Phi) is 3.43. The van der Waals surface area contributed by atoms with Crippen molar-refractivity contribution in [1.29, 1.82) is 0 Å². The lowest BCUT2D eigenvalue weighted by atomic mass is 9.95. The van der Waals surface area contributed by atoms with E-state index in [0.717, 1.165) is 40.9 Å².